The quantitative estimate of drug-likeness (QED) is 0.890. The molecule has 2 aliphatic carbocycles. The van der Waals surface area contributed by atoms with E-state index in [1.165, 1.54) is 25.7 Å². The second-order valence-electron chi connectivity index (χ2n) is 6.51. The van der Waals surface area contributed by atoms with E-state index in [4.69, 9.17) is 10.3 Å². The topological polar surface area (TPSA) is 64.9 Å². The first-order valence-corrected chi connectivity index (χ1v) is 7.22. The van der Waals surface area contributed by atoms with Crippen LogP contribution in [0.15, 0.2) is 4.52 Å². The molecule has 0 aromatic carbocycles. The smallest absolute Gasteiger partial charge is 0.243 e. The van der Waals surface area contributed by atoms with Gasteiger partial charge in [-0.2, -0.15) is 4.98 Å². The van der Waals surface area contributed by atoms with Crippen LogP contribution in [-0.2, 0) is 0 Å². The summed E-state index contributed by atoms with van der Waals surface area (Å²) in [6.45, 7) is 4.32. The lowest BCUT2D eigenvalue weighted by Crippen LogP contribution is -2.14. The first-order valence-electron chi connectivity index (χ1n) is 7.22. The first-order chi connectivity index (χ1) is 8.63. The van der Waals surface area contributed by atoms with E-state index >= 15 is 0 Å². The Morgan fingerprint density at radius 1 is 1.33 bits per heavy atom. The summed E-state index contributed by atoms with van der Waals surface area (Å²) in [5.41, 5.74) is 6.09. The lowest BCUT2D eigenvalue weighted by Gasteiger charge is -2.17. The normalized spacial score (nSPS) is 32.3. The van der Waals surface area contributed by atoms with Crippen molar-refractivity contribution in [3.63, 3.8) is 0 Å². The van der Waals surface area contributed by atoms with E-state index in [9.17, 15) is 0 Å². The molecule has 3 unspecified atom stereocenters. The summed E-state index contributed by atoms with van der Waals surface area (Å²) in [5.74, 6) is 4.33. The summed E-state index contributed by atoms with van der Waals surface area (Å²) in [6, 6.07) is -0.107. The fraction of sp³-hybridized carbons (Fsp3) is 0.857. The number of fused-ring (bicyclic) bond motifs is 2. The Morgan fingerprint density at radius 3 is 2.78 bits per heavy atom. The maximum Gasteiger partial charge on any atom is 0.243 e. The van der Waals surface area contributed by atoms with E-state index in [0.29, 0.717) is 17.7 Å². The minimum absolute atomic E-state index is 0.107. The molecule has 0 aliphatic heterocycles. The zero-order valence-electron chi connectivity index (χ0n) is 11.3. The molecule has 4 heteroatoms. The van der Waals surface area contributed by atoms with Gasteiger partial charge in [0.25, 0.3) is 0 Å². The highest BCUT2D eigenvalue weighted by Gasteiger charge is 2.42. The summed E-state index contributed by atoms with van der Waals surface area (Å²) in [4.78, 5) is 4.56. The average molecular weight is 249 g/mol. The van der Waals surface area contributed by atoms with Crippen LogP contribution in [0.5, 0.6) is 0 Å². The van der Waals surface area contributed by atoms with Crippen molar-refractivity contribution < 1.29 is 4.52 Å². The number of hydrogen-bond donors (Lipinski definition) is 1. The van der Waals surface area contributed by atoms with Gasteiger partial charge in [0.05, 0.1) is 6.04 Å². The van der Waals surface area contributed by atoms with Crippen molar-refractivity contribution >= 4 is 0 Å². The Bertz CT molecular complexity index is 415. The van der Waals surface area contributed by atoms with E-state index in [1.54, 1.807) is 0 Å². The Labute approximate surface area is 108 Å². The SMILES string of the molecule is CC(C)C[C@@H](N)c1nc(C2CC3CCC2C3)no1. The van der Waals surface area contributed by atoms with Crippen molar-refractivity contribution in [1.82, 2.24) is 10.1 Å². The van der Waals surface area contributed by atoms with Gasteiger partial charge in [0, 0.05) is 5.92 Å². The summed E-state index contributed by atoms with van der Waals surface area (Å²) in [5, 5.41) is 4.18. The van der Waals surface area contributed by atoms with Gasteiger partial charge in [-0.15, -0.1) is 0 Å². The summed E-state index contributed by atoms with van der Waals surface area (Å²) >= 11 is 0. The monoisotopic (exact) mass is 249 g/mol. The highest BCUT2D eigenvalue weighted by atomic mass is 16.5. The molecule has 1 aromatic rings. The van der Waals surface area contributed by atoms with Gasteiger partial charge in [0.2, 0.25) is 5.89 Å². The van der Waals surface area contributed by atoms with Crippen LogP contribution in [0, 0.1) is 17.8 Å². The lowest BCUT2D eigenvalue weighted by atomic mass is 9.88. The Hall–Kier alpha value is -0.900. The zero-order chi connectivity index (χ0) is 12.7. The van der Waals surface area contributed by atoms with Gasteiger partial charge in [-0.1, -0.05) is 25.4 Å². The van der Waals surface area contributed by atoms with Gasteiger partial charge in [-0.25, -0.2) is 0 Å². The van der Waals surface area contributed by atoms with Crippen molar-refractivity contribution in [2.45, 2.75) is 57.9 Å². The van der Waals surface area contributed by atoms with E-state index in [0.717, 1.165) is 24.1 Å². The van der Waals surface area contributed by atoms with Crippen LogP contribution < -0.4 is 5.73 Å². The molecular formula is C14H23N3O. The van der Waals surface area contributed by atoms with Crippen LogP contribution >= 0.6 is 0 Å². The van der Waals surface area contributed by atoms with Gasteiger partial charge in [0.1, 0.15) is 0 Å². The molecule has 2 fully saturated rings. The van der Waals surface area contributed by atoms with Crippen LogP contribution in [0.4, 0.5) is 0 Å². The predicted molar refractivity (Wildman–Crippen MR) is 68.9 cm³/mol. The maximum absolute atomic E-state index is 6.09. The van der Waals surface area contributed by atoms with Gasteiger partial charge in [-0.3, -0.25) is 0 Å². The van der Waals surface area contributed by atoms with Crippen LogP contribution in [0.2, 0.25) is 0 Å². The lowest BCUT2D eigenvalue weighted by molar-refractivity contribution is 0.324. The van der Waals surface area contributed by atoms with Crippen LogP contribution in [0.1, 0.15) is 69.6 Å². The van der Waals surface area contributed by atoms with Crippen molar-refractivity contribution in [3.05, 3.63) is 11.7 Å². The maximum atomic E-state index is 6.09. The van der Waals surface area contributed by atoms with Crippen LogP contribution in [-0.4, -0.2) is 10.1 Å². The molecule has 0 radical (unpaired) electrons. The largest absolute Gasteiger partial charge is 0.338 e. The average Bonchev–Trinajstić information content (AvgIpc) is 3.03. The van der Waals surface area contributed by atoms with Gasteiger partial charge in [-0.05, 0) is 43.4 Å². The fourth-order valence-electron chi connectivity index (χ4n) is 3.72. The predicted octanol–water partition coefficient (Wildman–Crippen LogP) is 3.02. The molecule has 2 N–H and O–H groups in total. The standard InChI is InChI=1S/C14H23N3O/c1-8(2)5-12(15)14-16-13(17-18-14)11-7-9-3-4-10(11)6-9/h8-12H,3-7,15H2,1-2H3/t9?,10?,11?,12-/m1/s1. The number of rotatable bonds is 4. The van der Waals surface area contributed by atoms with Gasteiger partial charge in [0.15, 0.2) is 5.82 Å². The zero-order valence-corrected chi connectivity index (χ0v) is 11.3. The Morgan fingerprint density at radius 2 is 2.17 bits per heavy atom. The molecule has 1 heterocycles. The van der Waals surface area contributed by atoms with E-state index in [-0.39, 0.29) is 6.04 Å². The van der Waals surface area contributed by atoms with Gasteiger partial charge >= 0.3 is 0 Å². The minimum Gasteiger partial charge on any atom is -0.338 e. The molecule has 0 saturated heterocycles. The Kier molecular flexibility index (Phi) is 3.14. The number of aromatic nitrogens is 2. The molecule has 2 bridgehead atoms. The molecule has 2 aliphatic rings. The van der Waals surface area contributed by atoms with Gasteiger partial charge < -0.3 is 10.3 Å². The van der Waals surface area contributed by atoms with E-state index in [2.05, 4.69) is 24.0 Å². The highest BCUT2D eigenvalue weighted by molar-refractivity contribution is 5.07. The third kappa shape index (κ3) is 2.18. The molecule has 1 aromatic heterocycles. The molecule has 100 valence electrons. The summed E-state index contributed by atoms with van der Waals surface area (Å²) in [6.07, 6.45) is 6.27. The van der Waals surface area contributed by atoms with E-state index in [1.807, 2.05) is 0 Å². The number of nitrogens with two attached hydrogens (primary N) is 1. The minimum atomic E-state index is -0.107. The summed E-state index contributed by atoms with van der Waals surface area (Å²) in [7, 11) is 0. The number of hydrogen-bond acceptors (Lipinski definition) is 4. The highest BCUT2D eigenvalue weighted by Crippen LogP contribution is 2.52. The molecule has 0 spiro atoms. The van der Waals surface area contributed by atoms with Crippen LogP contribution in [0.25, 0.3) is 0 Å². The van der Waals surface area contributed by atoms with Crippen molar-refractivity contribution in [3.8, 4) is 0 Å². The molecule has 4 nitrogen and oxygen atoms in total. The fourth-order valence-corrected chi connectivity index (χ4v) is 3.72. The molecule has 4 atom stereocenters. The van der Waals surface area contributed by atoms with Crippen molar-refractivity contribution in [2.75, 3.05) is 0 Å². The van der Waals surface area contributed by atoms with Crippen molar-refractivity contribution in [1.29, 1.82) is 0 Å². The molecule has 18 heavy (non-hydrogen) atoms. The second kappa shape index (κ2) is 4.65. The van der Waals surface area contributed by atoms with Crippen molar-refractivity contribution in [2.24, 2.45) is 23.5 Å². The first kappa shape index (κ1) is 12.2. The third-order valence-corrected chi connectivity index (χ3v) is 4.57. The third-order valence-electron chi connectivity index (χ3n) is 4.57. The second-order valence-corrected chi connectivity index (χ2v) is 6.51. The van der Waals surface area contributed by atoms with E-state index < -0.39 is 0 Å². The molecule has 3 rings (SSSR count). The molecule has 2 saturated carbocycles. The summed E-state index contributed by atoms with van der Waals surface area (Å²) < 4.78 is 5.36. The number of nitrogens with zero attached hydrogens (tertiary/aromatic N) is 2. The Balaban J connectivity index is 1.70. The molecule has 0 amide bonds. The molecular weight excluding hydrogens is 226 g/mol. The van der Waals surface area contributed by atoms with Crippen LogP contribution in [0.3, 0.4) is 0 Å².